The lowest BCUT2D eigenvalue weighted by molar-refractivity contribution is -0.119. The average Bonchev–Trinajstić information content (AvgIpc) is 1.83. The van der Waals surface area contributed by atoms with Crippen molar-refractivity contribution in [1.82, 2.24) is 0 Å². The lowest BCUT2D eigenvalue weighted by Crippen LogP contribution is -1.98. The van der Waals surface area contributed by atoms with Gasteiger partial charge in [0.1, 0.15) is 6.67 Å². The van der Waals surface area contributed by atoms with Gasteiger partial charge in [-0.15, -0.1) is 0 Å². The van der Waals surface area contributed by atoms with E-state index in [0.29, 0.717) is 19.3 Å². The summed E-state index contributed by atoms with van der Waals surface area (Å²) in [5.41, 5.74) is 0. The highest BCUT2D eigenvalue weighted by Crippen LogP contribution is 1.94. The Morgan fingerprint density at radius 1 is 1.62 bits per heavy atom. The van der Waals surface area contributed by atoms with E-state index in [1.165, 1.54) is 0 Å². The van der Waals surface area contributed by atoms with Crippen LogP contribution in [-0.2, 0) is 4.79 Å². The summed E-state index contributed by atoms with van der Waals surface area (Å²) in [5, 5.41) is 0. The molecule has 2 heteroatoms. The predicted molar refractivity (Wildman–Crippen MR) is 30.2 cm³/mol. The first-order chi connectivity index (χ1) is 3.81. The molecule has 0 aliphatic rings. The van der Waals surface area contributed by atoms with Crippen LogP contribution in [0.3, 0.4) is 0 Å². The van der Waals surface area contributed by atoms with Crippen molar-refractivity contribution in [2.75, 3.05) is 6.67 Å². The number of rotatable bonds is 4. The monoisotopic (exact) mass is 117 g/mol. The van der Waals surface area contributed by atoms with E-state index in [9.17, 15) is 9.18 Å². The maximum atomic E-state index is 11.3. The van der Waals surface area contributed by atoms with E-state index in [4.69, 9.17) is 0 Å². The quantitative estimate of drug-likeness (QED) is 0.545. The normalized spacial score (nSPS) is 9.25. The van der Waals surface area contributed by atoms with E-state index in [0.717, 1.165) is 0 Å². The summed E-state index contributed by atoms with van der Waals surface area (Å²) in [6.07, 6.45) is 1.77. The standard InChI is InChI=1S/C6H10FO/c1-2-3-4-6(8)5-7/h1-5H2. The number of unbranched alkanes of at least 4 members (excludes halogenated alkanes) is 1. The van der Waals surface area contributed by atoms with E-state index in [-0.39, 0.29) is 5.78 Å². The molecule has 8 heavy (non-hydrogen) atoms. The van der Waals surface area contributed by atoms with Crippen LogP contribution in [0.1, 0.15) is 19.3 Å². The minimum atomic E-state index is -0.819. The summed E-state index contributed by atoms with van der Waals surface area (Å²) in [5.74, 6) is -0.311. The zero-order valence-electron chi connectivity index (χ0n) is 4.82. The second kappa shape index (κ2) is 4.75. The van der Waals surface area contributed by atoms with Crippen molar-refractivity contribution >= 4 is 5.78 Å². The maximum Gasteiger partial charge on any atom is 0.163 e. The zero-order chi connectivity index (χ0) is 6.41. The Hall–Kier alpha value is -0.400. The van der Waals surface area contributed by atoms with Crippen LogP contribution in [0.25, 0.3) is 0 Å². The Morgan fingerprint density at radius 3 is 2.62 bits per heavy atom. The summed E-state index contributed by atoms with van der Waals surface area (Å²) in [6.45, 7) is 2.70. The fourth-order valence-electron chi connectivity index (χ4n) is 0.389. The summed E-state index contributed by atoms with van der Waals surface area (Å²) in [6, 6.07) is 0. The lowest BCUT2D eigenvalue weighted by Gasteiger charge is -1.89. The second-order valence-corrected chi connectivity index (χ2v) is 1.63. The molecule has 0 atom stereocenters. The molecule has 0 unspecified atom stereocenters. The van der Waals surface area contributed by atoms with Crippen molar-refractivity contribution in [3.05, 3.63) is 6.92 Å². The fourth-order valence-corrected chi connectivity index (χ4v) is 0.389. The number of halogens is 1. The van der Waals surface area contributed by atoms with Crippen LogP contribution in [0.2, 0.25) is 0 Å². The van der Waals surface area contributed by atoms with E-state index in [2.05, 4.69) is 6.92 Å². The van der Waals surface area contributed by atoms with Crippen molar-refractivity contribution < 1.29 is 9.18 Å². The molecule has 0 rings (SSSR count). The molecule has 0 heterocycles. The molecule has 1 nitrogen and oxygen atoms in total. The molecule has 1 radical (unpaired) electrons. The summed E-state index contributed by atoms with van der Waals surface area (Å²) >= 11 is 0. The van der Waals surface area contributed by atoms with Gasteiger partial charge in [0, 0.05) is 6.42 Å². The third-order valence-electron chi connectivity index (χ3n) is 0.855. The van der Waals surface area contributed by atoms with E-state index >= 15 is 0 Å². The van der Waals surface area contributed by atoms with Gasteiger partial charge < -0.3 is 0 Å². The van der Waals surface area contributed by atoms with Gasteiger partial charge in [0.2, 0.25) is 0 Å². The van der Waals surface area contributed by atoms with Gasteiger partial charge >= 0.3 is 0 Å². The molecule has 0 aromatic heterocycles. The van der Waals surface area contributed by atoms with Crippen molar-refractivity contribution in [3.8, 4) is 0 Å². The molecular weight excluding hydrogens is 107 g/mol. The Labute approximate surface area is 48.9 Å². The molecule has 0 N–H and O–H groups in total. The molecular formula is C6H10FO. The van der Waals surface area contributed by atoms with E-state index in [1.807, 2.05) is 0 Å². The lowest BCUT2D eigenvalue weighted by atomic mass is 10.2. The Kier molecular flexibility index (Phi) is 4.51. The number of ketones is 1. The maximum absolute atomic E-state index is 11.3. The minimum absolute atomic E-state index is 0.311. The second-order valence-electron chi connectivity index (χ2n) is 1.63. The summed E-state index contributed by atoms with van der Waals surface area (Å²) < 4.78 is 11.3. The fraction of sp³-hybridized carbons (Fsp3) is 0.667. The van der Waals surface area contributed by atoms with Gasteiger partial charge in [0.25, 0.3) is 0 Å². The molecule has 0 saturated carbocycles. The topological polar surface area (TPSA) is 17.1 Å². The summed E-state index contributed by atoms with van der Waals surface area (Å²) in [4.78, 5) is 10.2. The summed E-state index contributed by atoms with van der Waals surface area (Å²) in [7, 11) is 0. The van der Waals surface area contributed by atoms with Gasteiger partial charge in [0.15, 0.2) is 5.78 Å². The number of hydrogen-bond acceptors (Lipinski definition) is 1. The number of carbonyl (C=O) groups excluding carboxylic acids is 1. The van der Waals surface area contributed by atoms with Crippen LogP contribution >= 0.6 is 0 Å². The highest BCUT2D eigenvalue weighted by molar-refractivity contribution is 5.79. The van der Waals surface area contributed by atoms with Crippen molar-refractivity contribution in [2.45, 2.75) is 19.3 Å². The van der Waals surface area contributed by atoms with Gasteiger partial charge in [-0.1, -0.05) is 13.3 Å². The third-order valence-corrected chi connectivity index (χ3v) is 0.855. The molecule has 0 saturated heterocycles. The predicted octanol–water partition coefficient (Wildman–Crippen LogP) is 1.53. The van der Waals surface area contributed by atoms with E-state index < -0.39 is 6.67 Å². The number of carbonyl (C=O) groups is 1. The van der Waals surface area contributed by atoms with Crippen LogP contribution in [-0.4, -0.2) is 12.5 Å². The van der Waals surface area contributed by atoms with Gasteiger partial charge in [0.05, 0.1) is 0 Å². The first-order valence-corrected chi connectivity index (χ1v) is 2.68. The molecule has 0 amide bonds. The molecule has 0 aromatic rings. The van der Waals surface area contributed by atoms with Gasteiger partial charge in [-0.3, -0.25) is 4.79 Å². The van der Waals surface area contributed by atoms with Crippen LogP contribution in [0.15, 0.2) is 0 Å². The number of alkyl halides is 1. The first-order valence-electron chi connectivity index (χ1n) is 2.68. The van der Waals surface area contributed by atoms with E-state index in [1.54, 1.807) is 0 Å². The highest BCUT2D eigenvalue weighted by atomic mass is 19.1. The Bertz CT molecular complexity index is 70.9. The van der Waals surface area contributed by atoms with Crippen LogP contribution in [0.5, 0.6) is 0 Å². The van der Waals surface area contributed by atoms with Crippen molar-refractivity contribution in [1.29, 1.82) is 0 Å². The zero-order valence-corrected chi connectivity index (χ0v) is 4.82. The number of hydrogen-bond donors (Lipinski definition) is 0. The highest BCUT2D eigenvalue weighted by Gasteiger charge is 1.96. The first kappa shape index (κ1) is 7.60. The van der Waals surface area contributed by atoms with Crippen LogP contribution < -0.4 is 0 Å². The van der Waals surface area contributed by atoms with Crippen LogP contribution in [0, 0.1) is 6.92 Å². The average molecular weight is 117 g/mol. The Morgan fingerprint density at radius 2 is 2.25 bits per heavy atom. The molecule has 47 valence electrons. The largest absolute Gasteiger partial charge is 0.297 e. The molecule has 0 aliphatic carbocycles. The minimum Gasteiger partial charge on any atom is -0.297 e. The molecule has 0 fully saturated rings. The molecule has 0 aliphatic heterocycles. The van der Waals surface area contributed by atoms with Crippen molar-refractivity contribution in [2.24, 2.45) is 0 Å². The molecule has 0 spiro atoms. The Balaban J connectivity index is 2.99. The molecule has 0 bridgehead atoms. The third kappa shape index (κ3) is 3.78. The van der Waals surface area contributed by atoms with Gasteiger partial charge in [-0.25, -0.2) is 4.39 Å². The van der Waals surface area contributed by atoms with Gasteiger partial charge in [-0.2, -0.15) is 0 Å². The smallest absolute Gasteiger partial charge is 0.163 e. The number of Topliss-reactive ketones (excluding diaryl/α,β-unsaturated/α-hetero) is 1. The van der Waals surface area contributed by atoms with Gasteiger partial charge in [-0.05, 0) is 6.42 Å². The van der Waals surface area contributed by atoms with Crippen LogP contribution in [0.4, 0.5) is 4.39 Å². The SMILES string of the molecule is [CH2]CCCC(=O)CF. The molecule has 0 aromatic carbocycles. The van der Waals surface area contributed by atoms with Crippen molar-refractivity contribution in [3.63, 3.8) is 0 Å².